The van der Waals surface area contributed by atoms with Crippen LogP contribution in [0, 0.1) is 5.92 Å². The molecule has 0 rings (SSSR count). The second kappa shape index (κ2) is 66.3. The summed E-state index contributed by atoms with van der Waals surface area (Å²) in [6, 6.07) is 0. The third-order valence-corrected chi connectivity index (χ3v) is 18.9. The van der Waals surface area contributed by atoms with Crippen molar-refractivity contribution in [2.45, 2.75) is 400 Å². The van der Waals surface area contributed by atoms with Gasteiger partial charge in [-0.3, -0.25) is 37.3 Å². The lowest BCUT2D eigenvalue weighted by atomic mass is 10.0. The monoisotopic (exact) mass is 1350 g/mol. The number of phosphoric acid groups is 2. The highest BCUT2D eigenvalue weighted by Crippen LogP contribution is 2.45. The molecule has 0 aromatic carbocycles. The van der Waals surface area contributed by atoms with Crippen LogP contribution in [0.2, 0.25) is 0 Å². The van der Waals surface area contributed by atoms with Crippen molar-refractivity contribution in [3.63, 3.8) is 0 Å². The van der Waals surface area contributed by atoms with Gasteiger partial charge >= 0.3 is 39.5 Å². The molecule has 0 bridgehead atoms. The summed E-state index contributed by atoms with van der Waals surface area (Å²) in [6.45, 7) is 7.26. The van der Waals surface area contributed by atoms with Gasteiger partial charge in [-0.15, -0.1) is 0 Å². The summed E-state index contributed by atoms with van der Waals surface area (Å²) >= 11 is 0. The van der Waals surface area contributed by atoms with Crippen LogP contribution in [0.5, 0.6) is 0 Å². The molecule has 2 unspecified atom stereocenters. The third kappa shape index (κ3) is 66.7. The van der Waals surface area contributed by atoms with Crippen molar-refractivity contribution in [2.75, 3.05) is 39.6 Å². The minimum absolute atomic E-state index is 0.107. The molecule has 5 atom stereocenters. The van der Waals surface area contributed by atoms with E-state index in [4.69, 9.17) is 37.0 Å². The third-order valence-electron chi connectivity index (χ3n) is 17.0. The topological polar surface area (TPSA) is 237 Å². The fraction of sp³-hybridized carbons (Fsp3) is 0.945. The SMILES string of the molecule is CCCCCCCCCCCCCCCCCCCCC(=O)O[C@H](COC(=O)CCCCCCCCCCCCCC(C)C)COP(=O)(O)OC[C@@H](O)COP(=O)(O)OC[C@@H](COC(=O)CCCCCCCCCCCC)OC(=O)CCCCCCCCCCCC. The first kappa shape index (κ1) is 90.1. The van der Waals surface area contributed by atoms with Gasteiger partial charge in [0.05, 0.1) is 26.4 Å². The van der Waals surface area contributed by atoms with Crippen molar-refractivity contribution in [2.24, 2.45) is 5.92 Å². The molecule has 0 fully saturated rings. The van der Waals surface area contributed by atoms with E-state index in [2.05, 4.69) is 34.6 Å². The fourth-order valence-corrected chi connectivity index (χ4v) is 12.8. The number of unbranched alkanes of at least 4 members (excludes halogenated alkanes) is 45. The Bertz CT molecular complexity index is 1770. The van der Waals surface area contributed by atoms with Gasteiger partial charge in [-0.1, -0.05) is 330 Å². The van der Waals surface area contributed by atoms with Crippen molar-refractivity contribution >= 4 is 39.5 Å². The molecule has 0 heterocycles. The Labute approximate surface area is 562 Å². The van der Waals surface area contributed by atoms with E-state index in [1.165, 1.54) is 205 Å². The molecule has 0 aromatic heterocycles. The average molecular weight is 1350 g/mol. The molecule has 17 nitrogen and oxygen atoms in total. The maximum Gasteiger partial charge on any atom is 0.472 e. The van der Waals surface area contributed by atoms with Crippen LogP contribution < -0.4 is 0 Å². The molecule has 0 aliphatic heterocycles. The predicted octanol–water partition coefficient (Wildman–Crippen LogP) is 21.3. The van der Waals surface area contributed by atoms with Gasteiger partial charge in [0.1, 0.15) is 19.3 Å². The number of aliphatic hydroxyl groups excluding tert-OH is 1. The van der Waals surface area contributed by atoms with Gasteiger partial charge in [0, 0.05) is 25.7 Å². The van der Waals surface area contributed by atoms with Crippen LogP contribution >= 0.6 is 15.6 Å². The Kier molecular flexibility index (Phi) is 64.9. The maximum atomic E-state index is 13.1. The lowest BCUT2D eigenvalue weighted by Crippen LogP contribution is -2.30. The molecule has 0 spiro atoms. The highest BCUT2D eigenvalue weighted by Gasteiger charge is 2.30. The minimum Gasteiger partial charge on any atom is -0.462 e. The van der Waals surface area contributed by atoms with E-state index in [0.29, 0.717) is 25.7 Å². The quantitative estimate of drug-likeness (QED) is 0.0222. The lowest BCUT2D eigenvalue weighted by molar-refractivity contribution is -0.161. The zero-order valence-electron chi connectivity index (χ0n) is 59.7. The molecule has 3 N–H and O–H groups in total. The number of hydrogen-bond donors (Lipinski definition) is 3. The molecule has 0 amide bonds. The number of hydrogen-bond acceptors (Lipinski definition) is 15. The molecule has 0 radical (unpaired) electrons. The molecular formula is C73H142O17P2. The van der Waals surface area contributed by atoms with Gasteiger partial charge in [-0.25, -0.2) is 9.13 Å². The standard InChI is InChI=1S/C73H142O17P2/c1-6-9-12-15-18-21-24-25-26-27-28-29-30-33-39-44-49-54-59-73(78)90-69(63-84-71(76)57-52-47-42-38-34-31-32-35-40-45-50-55-66(4)5)65-88-92(81,82)86-61-67(74)60-85-91(79,80)87-64-68(89-72(77)58-53-48-43-37-23-20-17-14-11-8-3)62-83-70(75)56-51-46-41-36-22-19-16-13-10-7-2/h66-69,74H,6-65H2,1-5H3,(H,79,80)(H,81,82)/t67-,68+,69+/m0/s1. The van der Waals surface area contributed by atoms with E-state index in [-0.39, 0.29) is 25.7 Å². The van der Waals surface area contributed by atoms with E-state index >= 15 is 0 Å². The van der Waals surface area contributed by atoms with Gasteiger partial charge in [0.15, 0.2) is 12.2 Å². The summed E-state index contributed by atoms with van der Waals surface area (Å²) in [7, 11) is -9.90. The van der Waals surface area contributed by atoms with Crippen molar-refractivity contribution in [3.05, 3.63) is 0 Å². The Morgan fingerprint density at radius 1 is 0.293 bits per heavy atom. The molecule has 0 aliphatic carbocycles. The molecule has 92 heavy (non-hydrogen) atoms. The van der Waals surface area contributed by atoms with E-state index in [0.717, 1.165) is 95.8 Å². The molecule has 0 saturated heterocycles. The largest absolute Gasteiger partial charge is 0.472 e. The van der Waals surface area contributed by atoms with Gasteiger partial charge in [0.25, 0.3) is 0 Å². The van der Waals surface area contributed by atoms with Gasteiger partial charge in [0.2, 0.25) is 0 Å². The lowest BCUT2D eigenvalue weighted by Gasteiger charge is -2.21. The van der Waals surface area contributed by atoms with Crippen LogP contribution in [0.1, 0.15) is 381 Å². The van der Waals surface area contributed by atoms with Gasteiger partial charge in [-0.2, -0.15) is 0 Å². The second-order valence-electron chi connectivity index (χ2n) is 26.8. The summed E-state index contributed by atoms with van der Waals surface area (Å²) in [4.78, 5) is 72.6. The van der Waals surface area contributed by atoms with Crippen LogP contribution in [0.15, 0.2) is 0 Å². The van der Waals surface area contributed by atoms with Crippen LogP contribution in [-0.4, -0.2) is 96.7 Å². The molecule has 0 aliphatic rings. The smallest absolute Gasteiger partial charge is 0.462 e. The first-order chi connectivity index (χ1) is 44.5. The second-order valence-corrected chi connectivity index (χ2v) is 29.7. The summed E-state index contributed by atoms with van der Waals surface area (Å²) < 4.78 is 68.4. The Hall–Kier alpha value is -1.94. The first-order valence-electron chi connectivity index (χ1n) is 38.1. The van der Waals surface area contributed by atoms with Crippen molar-refractivity contribution < 1.29 is 80.2 Å². The van der Waals surface area contributed by atoms with Crippen LogP contribution in [0.3, 0.4) is 0 Å². The Morgan fingerprint density at radius 2 is 0.500 bits per heavy atom. The molecule has 0 saturated carbocycles. The zero-order valence-corrected chi connectivity index (χ0v) is 61.5. The number of aliphatic hydroxyl groups is 1. The number of phosphoric ester groups is 2. The number of rotatable bonds is 73. The highest BCUT2D eigenvalue weighted by molar-refractivity contribution is 7.47. The predicted molar refractivity (Wildman–Crippen MR) is 372 cm³/mol. The van der Waals surface area contributed by atoms with Crippen molar-refractivity contribution in [1.82, 2.24) is 0 Å². The molecule has 546 valence electrons. The summed E-state index contributed by atoms with van der Waals surface area (Å²) in [5, 5.41) is 10.6. The Balaban J connectivity index is 5.22. The maximum absolute atomic E-state index is 13.1. The summed E-state index contributed by atoms with van der Waals surface area (Å²) in [5.41, 5.74) is 0. The minimum atomic E-state index is -4.95. The number of carbonyl (C=O) groups excluding carboxylic acids is 4. The van der Waals surface area contributed by atoms with Crippen LogP contribution in [-0.2, 0) is 65.4 Å². The average Bonchev–Trinajstić information content (AvgIpc) is 2.01. The van der Waals surface area contributed by atoms with E-state index < -0.39 is 97.5 Å². The summed E-state index contributed by atoms with van der Waals surface area (Å²) in [6.07, 6.45) is 54.0. The van der Waals surface area contributed by atoms with E-state index in [1.807, 2.05) is 0 Å². The van der Waals surface area contributed by atoms with Crippen LogP contribution in [0.25, 0.3) is 0 Å². The highest BCUT2D eigenvalue weighted by atomic mass is 31.2. The molecule has 0 aromatic rings. The molecule has 19 heteroatoms. The van der Waals surface area contributed by atoms with Crippen LogP contribution in [0.4, 0.5) is 0 Å². The van der Waals surface area contributed by atoms with E-state index in [9.17, 15) is 43.2 Å². The molecular weight excluding hydrogens is 1210 g/mol. The number of carbonyl (C=O) groups is 4. The zero-order chi connectivity index (χ0) is 67.7. The number of esters is 4. The summed E-state index contributed by atoms with van der Waals surface area (Å²) in [5.74, 6) is -1.35. The first-order valence-corrected chi connectivity index (χ1v) is 41.1. The normalized spacial score (nSPS) is 14.0. The number of ether oxygens (including phenoxy) is 4. The fourth-order valence-electron chi connectivity index (χ4n) is 11.2. The van der Waals surface area contributed by atoms with Gasteiger partial charge < -0.3 is 33.8 Å². The van der Waals surface area contributed by atoms with Gasteiger partial charge in [-0.05, 0) is 31.6 Å². The Morgan fingerprint density at radius 3 is 0.739 bits per heavy atom. The van der Waals surface area contributed by atoms with E-state index in [1.54, 1.807) is 0 Å². The van der Waals surface area contributed by atoms with Crippen molar-refractivity contribution in [3.8, 4) is 0 Å². The van der Waals surface area contributed by atoms with Crippen molar-refractivity contribution in [1.29, 1.82) is 0 Å².